The fraction of sp³-hybridized carbons (Fsp3) is 0.346. The van der Waals surface area contributed by atoms with E-state index in [1.807, 2.05) is 0 Å². The molecule has 0 aliphatic carbocycles. The SMILES string of the molecule is COc1ccc(Oc2nc(N3CCCC3)nc3c2CN(C(=O)c2cccc(C(F)(F)F)c2)CC3)cc1. The number of carbonyl (C=O) groups excluding carboxylic acids is 1. The number of amides is 1. The number of hydrogen-bond acceptors (Lipinski definition) is 6. The zero-order chi connectivity index (χ0) is 25.3. The summed E-state index contributed by atoms with van der Waals surface area (Å²) in [6.45, 7) is 2.19. The van der Waals surface area contributed by atoms with Crippen molar-refractivity contribution in [3.8, 4) is 17.4 Å². The minimum absolute atomic E-state index is 0.0134. The zero-order valence-electron chi connectivity index (χ0n) is 19.7. The molecule has 1 fully saturated rings. The van der Waals surface area contributed by atoms with Crippen molar-refractivity contribution < 1.29 is 27.4 Å². The summed E-state index contributed by atoms with van der Waals surface area (Å²) in [6, 6.07) is 11.6. The van der Waals surface area contributed by atoms with Crippen LogP contribution in [0.3, 0.4) is 0 Å². The Balaban J connectivity index is 1.46. The molecule has 2 aromatic carbocycles. The molecule has 5 rings (SSSR count). The van der Waals surface area contributed by atoms with E-state index in [1.54, 1.807) is 31.4 Å². The predicted molar refractivity (Wildman–Crippen MR) is 126 cm³/mol. The highest BCUT2D eigenvalue weighted by atomic mass is 19.4. The first-order valence-corrected chi connectivity index (χ1v) is 11.7. The Morgan fingerprint density at radius 1 is 0.972 bits per heavy atom. The van der Waals surface area contributed by atoms with Crippen molar-refractivity contribution in [2.24, 2.45) is 0 Å². The zero-order valence-corrected chi connectivity index (χ0v) is 19.7. The van der Waals surface area contributed by atoms with Crippen LogP contribution >= 0.6 is 0 Å². The van der Waals surface area contributed by atoms with Gasteiger partial charge in [0.2, 0.25) is 11.8 Å². The summed E-state index contributed by atoms with van der Waals surface area (Å²) in [5.74, 6) is 1.68. The van der Waals surface area contributed by atoms with Gasteiger partial charge in [0.15, 0.2) is 0 Å². The molecule has 0 bridgehead atoms. The van der Waals surface area contributed by atoms with Gasteiger partial charge in [-0.1, -0.05) is 6.07 Å². The van der Waals surface area contributed by atoms with Crippen LogP contribution in [-0.4, -0.2) is 47.5 Å². The highest BCUT2D eigenvalue weighted by Crippen LogP contribution is 2.34. The minimum atomic E-state index is -4.52. The van der Waals surface area contributed by atoms with Gasteiger partial charge in [0.1, 0.15) is 11.5 Å². The molecule has 2 aliphatic heterocycles. The maximum Gasteiger partial charge on any atom is 0.416 e. The Morgan fingerprint density at radius 3 is 2.39 bits per heavy atom. The van der Waals surface area contributed by atoms with E-state index >= 15 is 0 Å². The van der Waals surface area contributed by atoms with E-state index in [9.17, 15) is 18.0 Å². The molecular formula is C26H25F3N4O3. The summed E-state index contributed by atoms with van der Waals surface area (Å²) in [5, 5.41) is 0. The number of alkyl halides is 3. The Labute approximate surface area is 206 Å². The van der Waals surface area contributed by atoms with Crippen molar-refractivity contribution in [1.29, 1.82) is 0 Å². The van der Waals surface area contributed by atoms with Crippen molar-refractivity contribution in [3.05, 3.63) is 70.9 Å². The Hall–Kier alpha value is -3.82. The average molecular weight is 499 g/mol. The normalized spacial score (nSPS) is 15.6. The lowest BCUT2D eigenvalue weighted by molar-refractivity contribution is -0.137. The Kier molecular flexibility index (Phi) is 6.42. The molecule has 3 heterocycles. The third kappa shape index (κ3) is 4.93. The van der Waals surface area contributed by atoms with E-state index in [0.29, 0.717) is 41.9 Å². The number of benzene rings is 2. The molecule has 1 aromatic heterocycles. The van der Waals surface area contributed by atoms with E-state index in [4.69, 9.17) is 19.4 Å². The highest BCUT2D eigenvalue weighted by molar-refractivity contribution is 5.94. The molecule has 0 radical (unpaired) electrons. The van der Waals surface area contributed by atoms with E-state index < -0.39 is 17.6 Å². The molecule has 188 valence electrons. The monoisotopic (exact) mass is 498 g/mol. The van der Waals surface area contributed by atoms with Gasteiger partial charge in [0.25, 0.3) is 5.91 Å². The highest BCUT2D eigenvalue weighted by Gasteiger charge is 2.33. The topological polar surface area (TPSA) is 67.8 Å². The van der Waals surface area contributed by atoms with Gasteiger partial charge in [-0.2, -0.15) is 18.2 Å². The van der Waals surface area contributed by atoms with Gasteiger partial charge in [-0.15, -0.1) is 0 Å². The summed E-state index contributed by atoms with van der Waals surface area (Å²) in [7, 11) is 1.58. The Morgan fingerprint density at radius 2 is 1.69 bits per heavy atom. The summed E-state index contributed by atoms with van der Waals surface area (Å²) >= 11 is 0. The lowest BCUT2D eigenvalue weighted by Gasteiger charge is -2.30. The van der Waals surface area contributed by atoms with Crippen molar-refractivity contribution in [3.63, 3.8) is 0 Å². The summed E-state index contributed by atoms with van der Waals surface area (Å²) < 4.78 is 50.9. The number of rotatable bonds is 5. The molecule has 3 aromatic rings. The number of methoxy groups -OCH3 is 1. The van der Waals surface area contributed by atoms with Gasteiger partial charge in [0, 0.05) is 31.6 Å². The first-order valence-electron chi connectivity index (χ1n) is 11.7. The van der Waals surface area contributed by atoms with Crippen LogP contribution in [-0.2, 0) is 19.1 Å². The number of nitrogens with zero attached hydrogens (tertiary/aromatic N) is 4. The van der Waals surface area contributed by atoms with Crippen LogP contribution in [0.25, 0.3) is 0 Å². The van der Waals surface area contributed by atoms with E-state index in [1.165, 1.54) is 17.0 Å². The number of aromatic nitrogens is 2. The van der Waals surface area contributed by atoms with Gasteiger partial charge in [-0.3, -0.25) is 4.79 Å². The maximum absolute atomic E-state index is 13.2. The van der Waals surface area contributed by atoms with Crippen LogP contribution < -0.4 is 14.4 Å². The molecule has 36 heavy (non-hydrogen) atoms. The molecule has 1 saturated heterocycles. The van der Waals surface area contributed by atoms with Crippen molar-refractivity contribution >= 4 is 11.9 Å². The number of halogens is 3. The van der Waals surface area contributed by atoms with Crippen molar-refractivity contribution in [1.82, 2.24) is 14.9 Å². The van der Waals surface area contributed by atoms with Crippen molar-refractivity contribution in [2.75, 3.05) is 31.6 Å². The number of ether oxygens (including phenoxy) is 2. The van der Waals surface area contributed by atoms with Gasteiger partial charge in [-0.05, 0) is 55.3 Å². The van der Waals surface area contributed by atoms with Crippen LogP contribution in [0.4, 0.5) is 19.1 Å². The second-order valence-electron chi connectivity index (χ2n) is 8.78. The molecule has 1 amide bonds. The quantitative estimate of drug-likeness (QED) is 0.488. The molecule has 0 N–H and O–H groups in total. The second kappa shape index (κ2) is 9.67. The van der Waals surface area contributed by atoms with Gasteiger partial charge < -0.3 is 19.3 Å². The van der Waals surface area contributed by atoms with Crippen LogP contribution in [0.15, 0.2) is 48.5 Å². The van der Waals surface area contributed by atoms with Crippen LogP contribution in [0.5, 0.6) is 17.4 Å². The largest absolute Gasteiger partial charge is 0.497 e. The van der Waals surface area contributed by atoms with E-state index in [2.05, 4.69) is 4.90 Å². The molecule has 0 unspecified atom stereocenters. The predicted octanol–water partition coefficient (Wildman–Crippen LogP) is 5.10. The molecule has 0 atom stereocenters. The molecule has 0 spiro atoms. The Bertz CT molecular complexity index is 1260. The standard InChI is InChI=1S/C26H25F3N4O3/c1-35-19-7-9-20(10-8-19)36-23-21-16-33(24(34)17-5-4-6-18(15-17)26(27,28)29)14-11-22(21)30-25(31-23)32-12-2-3-13-32/h4-10,15H,2-3,11-14,16H2,1H3. The molecule has 2 aliphatic rings. The maximum atomic E-state index is 13.2. The molecule has 0 saturated carbocycles. The minimum Gasteiger partial charge on any atom is -0.497 e. The van der Waals surface area contributed by atoms with Gasteiger partial charge >= 0.3 is 6.18 Å². The molecule has 7 nitrogen and oxygen atoms in total. The summed E-state index contributed by atoms with van der Waals surface area (Å²) in [4.78, 5) is 26.2. The number of hydrogen-bond donors (Lipinski definition) is 0. The smallest absolute Gasteiger partial charge is 0.416 e. The van der Waals surface area contributed by atoms with E-state index in [0.717, 1.165) is 43.8 Å². The van der Waals surface area contributed by atoms with Crippen LogP contribution in [0.2, 0.25) is 0 Å². The summed E-state index contributed by atoms with van der Waals surface area (Å²) in [5.41, 5.74) is 0.567. The number of carbonyl (C=O) groups is 1. The van der Waals surface area contributed by atoms with Gasteiger partial charge in [-0.25, -0.2) is 4.98 Å². The van der Waals surface area contributed by atoms with Crippen LogP contribution in [0, 0.1) is 0 Å². The molecular weight excluding hydrogens is 473 g/mol. The average Bonchev–Trinajstić information content (AvgIpc) is 3.43. The van der Waals surface area contributed by atoms with Crippen molar-refractivity contribution in [2.45, 2.75) is 32.0 Å². The molecule has 10 heteroatoms. The van der Waals surface area contributed by atoms with Gasteiger partial charge in [0.05, 0.1) is 30.5 Å². The first-order chi connectivity index (χ1) is 17.3. The lowest BCUT2D eigenvalue weighted by atomic mass is 10.0. The first kappa shape index (κ1) is 23.9. The van der Waals surface area contributed by atoms with E-state index in [-0.39, 0.29) is 12.1 Å². The third-order valence-corrected chi connectivity index (χ3v) is 6.40. The second-order valence-corrected chi connectivity index (χ2v) is 8.78. The lowest BCUT2D eigenvalue weighted by Crippen LogP contribution is -2.37. The fourth-order valence-electron chi connectivity index (χ4n) is 4.45. The van der Waals surface area contributed by atoms with Crippen LogP contribution in [0.1, 0.15) is 40.0 Å². The number of anilines is 1. The fourth-order valence-corrected chi connectivity index (χ4v) is 4.45. The third-order valence-electron chi connectivity index (χ3n) is 6.40. The summed E-state index contributed by atoms with van der Waals surface area (Å²) in [6.07, 6.45) is -1.95. The number of fused-ring (bicyclic) bond motifs is 1.